The molecule has 0 aliphatic rings. The molecule has 0 amide bonds. The zero-order chi connectivity index (χ0) is 6.41. The van der Waals surface area contributed by atoms with Gasteiger partial charge in [0.15, 0.2) is 0 Å². The van der Waals surface area contributed by atoms with Crippen LogP contribution in [-0.2, 0) is 4.79 Å². The van der Waals surface area contributed by atoms with Gasteiger partial charge in [0.25, 0.3) is 0 Å². The molecular formula is C6H11OSe. The van der Waals surface area contributed by atoms with Crippen LogP contribution in [0.15, 0.2) is 0 Å². The zero-order valence-corrected chi connectivity index (χ0v) is 6.86. The van der Waals surface area contributed by atoms with Crippen LogP contribution in [0.4, 0.5) is 0 Å². The molecule has 0 unspecified atom stereocenters. The first-order valence-electron chi connectivity index (χ1n) is 2.97. The molecule has 0 fully saturated rings. The van der Waals surface area contributed by atoms with Crippen molar-refractivity contribution in [2.75, 3.05) is 0 Å². The summed E-state index contributed by atoms with van der Waals surface area (Å²) in [5.74, 6) is 0. The van der Waals surface area contributed by atoms with Crippen molar-refractivity contribution in [3.63, 3.8) is 0 Å². The van der Waals surface area contributed by atoms with Crippen LogP contribution >= 0.6 is 0 Å². The monoisotopic (exact) mass is 179 g/mol. The average Bonchev–Trinajstić information content (AvgIpc) is 1.66. The quantitative estimate of drug-likeness (QED) is 0.468. The summed E-state index contributed by atoms with van der Waals surface area (Å²) in [6, 6.07) is 0. The standard InChI is InChI=1S/C6H11OSe/c1-2-3-4-5-6(7)8/h2-5H2,1H3. The summed E-state index contributed by atoms with van der Waals surface area (Å²) in [5.41, 5.74) is 0. The SMILES string of the molecule is CCCCCC(=O)[Se]. The Morgan fingerprint density at radius 2 is 2.12 bits per heavy atom. The summed E-state index contributed by atoms with van der Waals surface area (Å²) in [6.45, 7) is 2.13. The van der Waals surface area contributed by atoms with Gasteiger partial charge >= 0.3 is 58.1 Å². The van der Waals surface area contributed by atoms with Crippen LogP contribution < -0.4 is 0 Å². The number of hydrogen-bond donors (Lipinski definition) is 0. The molecule has 47 valence electrons. The van der Waals surface area contributed by atoms with E-state index < -0.39 is 0 Å². The fraction of sp³-hybridized carbons (Fsp3) is 0.833. The molecule has 0 N–H and O–H groups in total. The molecule has 0 rings (SSSR count). The Hall–Kier alpha value is 0.189. The fourth-order valence-corrected chi connectivity index (χ4v) is 0.822. The molecule has 0 spiro atoms. The topological polar surface area (TPSA) is 17.1 Å². The van der Waals surface area contributed by atoms with Gasteiger partial charge in [0, 0.05) is 0 Å². The zero-order valence-electron chi connectivity index (χ0n) is 5.14. The summed E-state index contributed by atoms with van der Waals surface area (Å²) < 4.78 is 0.193. The van der Waals surface area contributed by atoms with Crippen molar-refractivity contribution in [3.05, 3.63) is 0 Å². The summed E-state index contributed by atoms with van der Waals surface area (Å²) >= 11 is 2.46. The van der Waals surface area contributed by atoms with Crippen LogP contribution in [-0.4, -0.2) is 20.7 Å². The molecule has 0 aliphatic heterocycles. The normalized spacial score (nSPS) is 9.12. The molecule has 0 aromatic rings. The van der Waals surface area contributed by atoms with E-state index in [1.165, 1.54) is 12.8 Å². The van der Waals surface area contributed by atoms with Crippen molar-refractivity contribution in [1.82, 2.24) is 0 Å². The molecule has 8 heavy (non-hydrogen) atoms. The second-order valence-electron chi connectivity index (χ2n) is 1.83. The molecule has 0 bridgehead atoms. The number of rotatable bonds is 4. The van der Waals surface area contributed by atoms with E-state index in [0.29, 0.717) is 6.42 Å². The molecule has 1 radical (unpaired) electrons. The van der Waals surface area contributed by atoms with Crippen molar-refractivity contribution in [2.45, 2.75) is 32.6 Å². The van der Waals surface area contributed by atoms with Crippen LogP contribution in [0.25, 0.3) is 0 Å². The van der Waals surface area contributed by atoms with E-state index in [2.05, 4.69) is 22.9 Å². The Balaban J connectivity index is 2.82. The van der Waals surface area contributed by atoms with E-state index in [-0.39, 0.29) is 4.68 Å². The van der Waals surface area contributed by atoms with Gasteiger partial charge in [-0.1, -0.05) is 0 Å². The number of carbonyl (C=O) groups excluding carboxylic acids is 1. The van der Waals surface area contributed by atoms with Crippen LogP contribution in [0, 0.1) is 0 Å². The maximum absolute atomic E-state index is 10.3. The maximum atomic E-state index is 10.3. The van der Waals surface area contributed by atoms with Gasteiger partial charge in [-0.2, -0.15) is 0 Å². The summed E-state index contributed by atoms with van der Waals surface area (Å²) in [6.07, 6.45) is 4.12. The van der Waals surface area contributed by atoms with Crippen LogP contribution in [0.3, 0.4) is 0 Å². The Kier molecular flexibility index (Phi) is 5.45. The van der Waals surface area contributed by atoms with Crippen molar-refractivity contribution >= 4 is 20.7 Å². The summed E-state index contributed by atoms with van der Waals surface area (Å²) in [5, 5.41) is 0. The van der Waals surface area contributed by atoms with Gasteiger partial charge in [-0.25, -0.2) is 0 Å². The van der Waals surface area contributed by atoms with Gasteiger partial charge in [-0.05, 0) is 0 Å². The Morgan fingerprint density at radius 3 is 2.50 bits per heavy atom. The van der Waals surface area contributed by atoms with Gasteiger partial charge in [0.05, 0.1) is 0 Å². The number of hydrogen-bond acceptors (Lipinski definition) is 1. The number of unbranched alkanes of at least 4 members (excludes halogenated alkanes) is 2. The molecule has 0 aromatic carbocycles. The van der Waals surface area contributed by atoms with E-state index >= 15 is 0 Å². The summed E-state index contributed by atoms with van der Waals surface area (Å²) in [4.78, 5) is 10.3. The third kappa shape index (κ3) is 6.19. The molecule has 1 nitrogen and oxygen atoms in total. The van der Waals surface area contributed by atoms with E-state index in [1.54, 1.807) is 0 Å². The Morgan fingerprint density at radius 1 is 1.50 bits per heavy atom. The van der Waals surface area contributed by atoms with Crippen molar-refractivity contribution in [3.8, 4) is 0 Å². The second kappa shape index (κ2) is 5.33. The Bertz CT molecular complexity index is 70.9. The van der Waals surface area contributed by atoms with Gasteiger partial charge in [-0.3, -0.25) is 0 Å². The van der Waals surface area contributed by atoms with Gasteiger partial charge in [-0.15, -0.1) is 0 Å². The average molecular weight is 178 g/mol. The van der Waals surface area contributed by atoms with Crippen molar-refractivity contribution in [2.24, 2.45) is 0 Å². The van der Waals surface area contributed by atoms with Crippen molar-refractivity contribution < 1.29 is 4.79 Å². The molecule has 0 aromatic heterocycles. The molecule has 2 heteroatoms. The third-order valence-electron chi connectivity index (χ3n) is 0.984. The first kappa shape index (κ1) is 8.19. The van der Waals surface area contributed by atoms with Crippen LogP contribution in [0.2, 0.25) is 0 Å². The predicted molar refractivity (Wildman–Crippen MR) is 34.9 cm³/mol. The Labute approximate surface area is 58.7 Å². The van der Waals surface area contributed by atoms with Crippen LogP contribution in [0.5, 0.6) is 0 Å². The van der Waals surface area contributed by atoms with Gasteiger partial charge in [0.1, 0.15) is 0 Å². The molecule has 0 heterocycles. The molecule has 0 saturated carbocycles. The predicted octanol–water partition coefficient (Wildman–Crippen LogP) is 1.26. The van der Waals surface area contributed by atoms with Gasteiger partial charge < -0.3 is 0 Å². The number of carbonyl (C=O) groups is 1. The second-order valence-corrected chi connectivity index (χ2v) is 2.78. The van der Waals surface area contributed by atoms with E-state index in [4.69, 9.17) is 0 Å². The molecular weight excluding hydrogens is 167 g/mol. The van der Waals surface area contributed by atoms with E-state index in [9.17, 15) is 4.79 Å². The first-order chi connectivity index (χ1) is 3.77. The fourth-order valence-electron chi connectivity index (χ4n) is 0.519. The molecule has 0 atom stereocenters. The third-order valence-corrected chi connectivity index (χ3v) is 1.41. The minimum atomic E-state index is 0.193. The molecule has 0 aliphatic carbocycles. The van der Waals surface area contributed by atoms with Crippen molar-refractivity contribution in [1.29, 1.82) is 0 Å². The molecule has 0 saturated heterocycles. The van der Waals surface area contributed by atoms with E-state index in [1.807, 2.05) is 0 Å². The van der Waals surface area contributed by atoms with E-state index in [0.717, 1.165) is 6.42 Å². The summed E-state index contributed by atoms with van der Waals surface area (Å²) in [7, 11) is 0. The van der Waals surface area contributed by atoms with Crippen LogP contribution in [0.1, 0.15) is 32.6 Å². The first-order valence-corrected chi connectivity index (χ1v) is 3.83. The minimum absolute atomic E-state index is 0.193. The van der Waals surface area contributed by atoms with Gasteiger partial charge in [0.2, 0.25) is 0 Å².